The van der Waals surface area contributed by atoms with Crippen molar-refractivity contribution >= 4 is 58.3 Å². The van der Waals surface area contributed by atoms with E-state index >= 15 is 0 Å². The van der Waals surface area contributed by atoms with Gasteiger partial charge in [0, 0.05) is 56.9 Å². The fourth-order valence-electron chi connectivity index (χ4n) is 3.30. The summed E-state index contributed by atoms with van der Waals surface area (Å²) in [6, 6.07) is 0. The summed E-state index contributed by atoms with van der Waals surface area (Å²) in [5.41, 5.74) is 5.12. The molecule has 0 rings (SSSR count). The molecule has 207 valence electrons. The van der Waals surface area contributed by atoms with Gasteiger partial charge in [0.2, 0.25) is 24.2 Å². The lowest BCUT2D eigenvalue weighted by molar-refractivity contribution is -1.10. The standard InChI is InChI=1S/C20H42N3O8S4/c1-19(28-7,29-8)13-22(17(32)33,11-15(24-3)25-4)21-23(18(34)35,12-16(26-5)27-6)14-20(2,30-9)31-10/h15-16H,11-14H2,1-10H3,(H,32,33)(H,34,35)/q+2/p-2. The number of rotatable bonds is 18. The molecule has 11 nitrogen and oxygen atoms in total. The highest BCUT2D eigenvalue weighted by molar-refractivity contribution is 8.00. The van der Waals surface area contributed by atoms with E-state index in [0.717, 1.165) is 0 Å². The van der Waals surface area contributed by atoms with Crippen molar-refractivity contribution in [3.63, 3.8) is 0 Å². The molecule has 0 fully saturated rings. The quantitative estimate of drug-likeness (QED) is 0.0764. The van der Waals surface area contributed by atoms with Gasteiger partial charge in [0.15, 0.2) is 31.7 Å². The third kappa shape index (κ3) is 9.77. The molecule has 0 amide bonds. The molecule has 2 atom stereocenters. The van der Waals surface area contributed by atoms with Gasteiger partial charge in [0.1, 0.15) is 0 Å². The van der Waals surface area contributed by atoms with Crippen molar-refractivity contribution in [1.29, 1.82) is 0 Å². The van der Waals surface area contributed by atoms with Crippen LogP contribution in [0.4, 0.5) is 0 Å². The van der Waals surface area contributed by atoms with E-state index in [4.69, 9.17) is 93.1 Å². The number of quaternary nitrogens is 2. The van der Waals surface area contributed by atoms with Crippen LogP contribution in [0.2, 0.25) is 0 Å². The van der Waals surface area contributed by atoms with Crippen LogP contribution in [0.15, 0.2) is 0 Å². The van der Waals surface area contributed by atoms with Gasteiger partial charge in [0.05, 0.1) is 8.64 Å². The maximum absolute atomic E-state index is 5.63. The van der Waals surface area contributed by atoms with Gasteiger partial charge in [-0.1, -0.05) is 0 Å². The second-order valence-electron chi connectivity index (χ2n) is 8.03. The van der Waals surface area contributed by atoms with Crippen LogP contribution in [0.1, 0.15) is 13.8 Å². The Morgan fingerprint density at radius 3 is 1.09 bits per heavy atom. The van der Waals surface area contributed by atoms with E-state index < -0.39 is 33.3 Å². The van der Waals surface area contributed by atoms with Crippen molar-refractivity contribution in [2.75, 3.05) is 83.1 Å². The van der Waals surface area contributed by atoms with E-state index in [1.165, 1.54) is 56.9 Å². The normalized spacial score (nSPS) is 16.3. The Morgan fingerprint density at radius 1 is 0.657 bits per heavy atom. The zero-order valence-electron chi connectivity index (χ0n) is 22.2. The summed E-state index contributed by atoms with van der Waals surface area (Å²) in [6.07, 6.45) is -1.48. The maximum Gasteiger partial charge on any atom is 0.217 e. The SMILES string of the molecule is COC(C[N+](CC(C)(OC)OC)([N][N+](CC(OC)OC)(CC(C)(OC)OC)C(=S)[S-])C(=S)[S-])OC. The van der Waals surface area contributed by atoms with Crippen molar-refractivity contribution in [3.8, 4) is 0 Å². The molecule has 35 heavy (non-hydrogen) atoms. The Morgan fingerprint density at radius 2 is 0.914 bits per heavy atom. The van der Waals surface area contributed by atoms with E-state index in [2.05, 4.69) is 0 Å². The van der Waals surface area contributed by atoms with Gasteiger partial charge < -0.3 is 87.6 Å². The minimum Gasteiger partial charge on any atom is -0.368 e. The number of thiocarbonyl (C=S) groups is 2. The minimum atomic E-state index is -1.15. The van der Waals surface area contributed by atoms with Crippen LogP contribution in [0.25, 0.3) is 0 Å². The second kappa shape index (κ2) is 15.6. The molecule has 0 saturated heterocycles. The third-order valence-electron chi connectivity index (χ3n) is 5.80. The molecule has 0 aliphatic carbocycles. The van der Waals surface area contributed by atoms with Gasteiger partial charge in [0.25, 0.3) is 0 Å². The van der Waals surface area contributed by atoms with E-state index in [-0.39, 0.29) is 34.8 Å². The molecule has 0 aliphatic rings. The van der Waals surface area contributed by atoms with Crippen molar-refractivity contribution in [2.24, 2.45) is 0 Å². The molecule has 0 heterocycles. The first kappa shape index (κ1) is 35.2. The van der Waals surface area contributed by atoms with Crippen molar-refractivity contribution in [3.05, 3.63) is 0 Å². The first-order valence-corrected chi connectivity index (χ1v) is 12.1. The first-order valence-electron chi connectivity index (χ1n) is 10.5. The molecule has 1 radical (unpaired) electrons. The number of ether oxygens (including phenoxy) is 8. The Balaban J connectivity index is 7.10. The molecule has 0 aromatic rings. The van der Waals surface area contributed by atoms with Crippen molar-refractivity contribution in [1.82, 2.24) is 5.53 Å². The minimum absolute atomic E-state index is 0.0464. The van der Waals surface area contributed by atoms with Crippen LogP contribution in [-0.2, 0) is 63.2 Å². The zero-order valence-corrected chi connectivity index (χ0v) is 25.5. The second-order valence-corrected chi connectivity index (χ2v) is 10.1. The average molecular weight is 579 g/mol. The fourth-order valence-corrected chi connectivity index (χ4v) is 4.01. The largest absolute Gasteiger partial charge is 0.368 e. The van der Waals surface area contributed by atoms with Crippen LogP contribution in [-0.4, -0.2) is 125 Å². The molecule has 0 N–H and O–H groups in total. The van der Waals surface area contributed by atoms with Crippen LogP contribution in [0.3, 0.4) is 0 Å². The lowest BCUT2D eigenvalue weighted by Crippen LogP contribution is -2.77. The highest BCUT2D eigenvalue weighted by Gasteiger charge is 2.53. The molecule has 0 aromatic heterocycles. The molecule has 0 aromatic carbocycles. The van der Waals surface area contributed by atoms with Crippen LogP contribution in [0.5, 0.6) is 0 Å². The topological polar surface area (TPSA) is 87.9 Å². The summed E-state index contributed by atoms with van der Waals surface area (Å²) in [5.74, 6) is -2.30. The average Bonchev–Trinajstić information content (AvgIpc) is 2.84. The zero-order chi connectivity index (χ0) is 27.5. The summed E-state index contributed by atoms with van der Waals surface area (Å²) >= 11 is 22.4. The summed E-state index contributed by atoms with van der Waals surface area (Å²) in [6.45, 7) is 3.70. The first-order chi connectivity index (χ1) is 16.2. The molecule has 0 saturated carbocycles. The molecule has 0 aliphatic heterocycles. The molecule has 2 unspecified atom stereocenters. The van der Waals surface area contributed by atoms with Crippen molar-refractivity contribution in [2.45, 2.75) is 38.0 Å². The van der Waals surface area contributed by atoms with E-state index in [9.17, 15) is 0 Å². The fraction of sp³-hybridized carbons (Fsp3) is 0.900. The monoisotopic (exact) mass is 578 g/mol. The predicted octanol–water partition coefficient (Wildman–Crippen LogP) is 0.974. The molecule has 15 heteroatoms. The van der Waals surface area contributed by atoms with Gasteiger partial charge in [-0.3, -0.25) is 0 Å². The molecular formula is C20H40N3O8S4. The number of nitrogens with zero attached hydrogens (tertiary/aromatic N) is 3. The van der Waals surface area contributed by atoms with Gasteiger partial charge in [-0.2, -0.15) is 0 Å². The summed E-state index contributed by atoms with van der Waals surface area (Å²) in [5, 5.41) is 0. The maximum atomic E-state index is 5.63. The van der Waals surface area contributed by atoms with Gasteiger partial charge in [-0.25, -0.2) is 0 Å². The lowest BCUT2D eigenvalue weighted by Gasteiger charge is -2.49. The van der Waals surface area contributed by atoms with Crippen molar-refractivity contribution < 1.29 is 47.1 Å². The summed E-state index contributed by atoms with van der Waals surface area (Å²) in [7, 11) is 12.0. The highest BCUT2D eigenvalue weighted by atomic mass is 32.1. The lowest BCUT2D eigenvalue weighted by atomic mass is 10.2. The van der Waals surface area contributed by atoms with Crippen LogP contribution >= 0.6 is 24.4 Å². The Hall–Kier alpha value is 0.180. The Labute approximate surface area is 231 Å². The number of hydrogen-bond donors (Lipinski definition) is 0. The van der Waals surface area contributed by atoms with E-state index in [0.29, 0.717) is 0 Å². The third-order valence-corrected chi connectivity index (χ3v) is 7.16. The molecular weight excluding hydrogens is 539 g/mol. The Kier molecular flexibility index (Phi) is 15.6. The summed E-state index contributed by atoms with van der Waals surface area (Å²) < 4.78 is 43.7. The van der Waals surface area contributed by atoms with E-state index in [1.54, 1.807) is 13.8 Å². The van der Waals surface area contributed by atoms with Gasteiger partial charge in [-0.15, -0.1) is 9.18 Å². The van der Waals surface area contributed by atoms with Crippen LogP contribution < -0.4 is 5.53 Å². The van der Waals surface area contributed by atoms with Gasteiger partial charge >= 0.3 is 0 Å². The van der Waals surface area contributed by atoms with E-state index in [1.807, 2.05) is 0 Å². The van der Waals surface area contributed by atoms with Gasteiger partial charge in [-0.05, 0) is 13.8 Å². The molecule has 0 spiro atoms. The predicted molar refractivity (Wildman–Crippen MR) is 143 cm³/mol. The number of hydrogen-bond acceptors (Lipinski definition) is 12. The highest BCUT2D eigenvalue weighted by Crippen LogP contribution is 2.27. The van der Waals surface area contributed by atoms with Crippen LogP contribution in [0, 0.1) is 0 Å². The summed E-state index contributed by atoms with van der Waals surface area (Å²) in [4.78, 5) is 0. The number of methoxy groups -OCH3 is 8. The smallest absolute Gasteiger partial charge is 0.217 e. The Bertz CT molecular complexity index is 610. The molecule has 0 bridgehead atoms.